The Morgan fingerprint density at radius 1 is 1.29 bits per heavy atom. The van der Waals surface area contributed by atoms with Gasteiger partial charge < -0.3 is 19.6 Å². The van der Waals surface area contributed by atoms with E-state index >= 15 is 0 Å². The number of hydrogen-bond donors (Lipinski definition) is 1. The van der Waals surface area contributed by atoms with E-state index in [1.54, 1.807) is 0 Å². The predicted molar refractivity (Wildman–Crippen MR) is 106 cm³/mol. The molecule has 0 aromatic heterocycles. The molecule has 1 aromatic carbocycles. The van der Waals surface area contributed by atoms with E-state index < -0.39 is 11.6 Å². The lowest BCUT2D eigenvalue weighted by atomic mass is 9.76. The van der Waals surface area contributed by atoms with Crippen LogP contribution in [0.2, 0.25) is 0 Å². The van der Waals surface area contributed by atoms with Crippen LogP contribution in [-0.4, -0.2) is 30.5 Å². The van der Waals surface area contributed by atoms with Crippen molar-refractivity contribution in [1.29, 1.82) is 0 Å². The van der Waals surface area contributed by atoms with Gasteiger partial charge in [-0.25, -0.2) is 4.79 Å². The second-order valence-corrected chi connectivity index (χ2v) is 7.68. The molecule has 1 aliphatic carbocycles. The first-order valence-corrected chi connectivity index (χ1v) is 10.0. The quantitative estimate of drug-likeness (QED) is 0.371. The van der Waals surface area contributed by atoms with Crippen molar-refractivity contribution in [2.75, 3.05) is 6.61 Å². The lowest BCUT2D eigenvalue weighted by molar-refractivity contribution is -0.143. The molecule has 0 saturated heterocycles. The highest BCUT2D eigenvalue weighted by molar-refractivity contribution is 5.68. The monoisotopic (exact) mass is 389 g/mol. The van der Waals surface area contributed by atoms with Crippen LogP contribution < -0.4 is 5.32 Å². The van der Waals surface area contributed by atoms with Crippen molar-refractivity contribution in [3.05, 3.63) is 35.9 Å². The van der Waals surface area contributed by atoms with Gasteiger partial charge in [-0.2, -0.15) is 0 Å². The van der Waals surface area contributed by atoms with E-state index in [2.05, 4.69) is 5.32 Å². The fraction of sp³-hybridized carbons (Fsp3) is 0.591. The number of ether oxygens (including phenoxy) is 2. The minimum absolute atomic E-state index is 0.108. The van der Waals surface area contributed by atoms with Crippen LogP contribution in [0.15, 0.2) is 30.3 Å². The van der Waals surface area contributed by atoms with Crippen LogP contribution in [-0.2, 0) is 25.7 Å². The third-order valence-corrected chi connectivity index (χ3v) is 5.59. The Balaban J connectivity index is 2.04. The molecule has 0 aliphatic heterocycles. The maximum Gasteiger partial charge on any atom is 0.407 e. The summed E-state index contributed by atoms with van der Waals surface area (Å²) in [6, 6.07) is 9.54. The molecule has 1 saturated carbocycles. The molecule has 0 radical (unpaired) electrons. The van der Waals surface area contributed by atoms with Gasteiger partial charge in [0.15, 0.2) is 0 Å². The SMILES string of the molecule is CC(=O)OC[C@H](C)[C@@H]1CCC[C@]1(CCCC=O)NC(=O)OCc1ccccc1. The molecule has 0 bridgehead atoms. The zero-order valence-corrected chi connectivity index (χ0v) is 16.8. The number of esters is 1. The first kappa shape index (κ1) is 21.9. The summed E-state index contributed by atoms with van der Waals surface area (Å²) < 4.78 is 10.6. The average Bonchev–Trinajstić information content (AvgIpc) is 3.09. The minimum Gasteiger partial charge on any atom is -0.466 e. The van der Waals surface area contributed by atoms with Gasteiger partial charge in [0.1, 0.15) is 12.9 Å². The molecule has 1 aliphatic rings. The first-order valence-electron chi connectivity index (χ1n) is 10.0. The molecule has 1 N–H and O–H groups in total. The Bertz CT molecular complexity index is 648. The Kier molecular flexibility index (Phi) is 8.48. The fourth-order valence-corrected chi connectivity index (χ4v) is 4.28. The summed E-state index contributed by atoms with van der Waals surface area (Å²) in [7, 11) is 0. The van der Waals surface area contributed by atoms with E-state index in [1.165, 1.54) is 6.92 Å². The molecule has 0 spiro atoms. The molecule has 6 nitrogen and oxygen atoms in total. The zero-order valence-electron chi connectivity index (χ0n) is 16.8. The molecule has 3 atom stereocenters. The summed E-state index contributed by atoms with van der Waals surface area (Å²) in [5.74, 6) is -0.0218. The molecule has 1 amide bonds. The van der Waals surface area contributed by atoms with Crippen LogP contribution in [0.25, 0.3) is 0 Å². The normalized spacial score (nSPS) is 22.3. The Morgan fingerprint density at radius 2 is 2.04 bits per heavy atom. The smallest absolute Gasteiger partial charge is 0.407 e. The average molecular weight is 389 g/mol. The third kappa shape index (κ3) is 6.36. The lowest BCUT2D eigenvalue weighted by Gasteiger charge is -2.39. The third-order valence-electron chi connectivity index (χ3n) is 5.59. The molecule has 28 heavy (non-hydrogen) atoms. The summed E-state index contributed by atoms with van der Waals surface area (Å²) in [6.45, 7) is 3.99. The number of benzene rings is 1. The summed E-state index contributed by atoms with van der Waals surface area (Å²) in [5, 5.41) is 3.12. The van der Waals surface area contributed by atoms with Gasteiger partial charge in [-0.05, 0) is 43.1 Å². The van der Waals surface area contributed by atoms with Gasteiger partial charge in [0.2, 0.25) is 0 Å². The van der Waals surface area contributed by atoms with Crippen LogP contribution in [0.1, 0.15) is 57.9 Å². The topological polar surface area (TPSA) is 81.7 Å². The molecule has 0 unspecified atom stereocenters. The molecule has 6 heteroatoms. The molecule has 1 fully saturated rings. The number of hydrogen-bond acceptors (Lipinski definition) is 5. The summed E-state index contributed by atoms with van der Waals surface area (Å²) in [4.78, 5) is 34.5. The lowest BCUT2D eigenvalue weighted by Crippen LogP contribution is -2.53. The van der Waals surface area contributed by atoms with Gasteiger partial charge in [-0.1, -0.05) is 43.7 Å². The van der Waals surface area contributed by atoms with Crippen LogP contribution in [0, 0.1) is 11.8 Å². The second kappa shape index (κ2) is 10.8. The van der Waals surface area contributed by atoms with Crippen molar-refractivity contribution in [2.45, 2.75) is 64.5 Å². The molecule has 154 valence electrons. The second-order valence-electron chi connectivity index (χ2n) is 7.68. The van der Waals surface area contributed by atoms with Gasteiger partial charge in [0, 0.05) is 18.9 Å². The van der Waals surface area contributed by atoms with Crippen LogP contribution in [0.3, 0.4) is 0 Å². The maximum atomic E-state index is 12.6. The number of unbranched alkanes of at least 4 members (excludes halogenated alkanes) is 1. The first-order chi connectivity index (χ1) is 13.5. The van der Waals surface area contributed by atoms with Crippen LogP contribution >= 0.6 is 0 Å². The van der Waals surface area contributed by atoms with Crippen molar-refractivity contribution >= 4 is 18.3 Å². The number of rotatable bonds is 10. The summed E-state index contributed by atoms with van der Waals surface area (Å²) >= 11 is 0. The van der Waals surface area contributed by atoms with Crippen molar-refractivity contribution in [2.24, 2.45) is 11.8 Å². The number of amides is 1. The van der Waals surface area contributed by atoms with Crippen molar-refractivity contribution in [3.8, 4) is 0 Å². The van der Waals surface area contributed by atoms with Gasteiger partial charge in [-0.15, -0.1) is 0 Å². The van der Waals surface area contributed by atoms with E-state index in [9.17, 15) is 14.4 Å². The Hall–Kier alpha value is -2.37. The predicted octanol–water partition coefficient (Wildman–Crippen LogP) is 4.02. The van der Waals surface area contributed by atoms with Crippen LogP contribution in [0.4, 0.5) is 4.79 Å². The minimum atomic E-state index is -0.443. The highest BCUT2D eigenvalue weighted by Gasteiger charge is 2.46. The molecular formula is C22H31NO5. The van der Waals surface area contributed by atoms with E-state index in [0.29, 0.717) is 25.9 Å². The number of nitrogens with one attached hydrogen (secondary N) is 1. The number of alkyl carbamates (subject to hydrolysis) is 1. The standard InChI is InChI=1S/C22H31NO5/c1-17(15-27-18(2)25)20-11-8-13-22(20,12-6-7-14-24)23-21(26)28-16-19-9-4-3-5-10-19/h3-5,9-10,14,17,20H,6-8,11-13,15-16H2,1-2H3,(H,23,26)/t17-,20-,22-/m0/s1. The van der Waals surface area contributed by atoms with E-state index in [-0.39, 0.29) is 24.4 Å². The number of carbonyl (C=O) groups excluding carboxylic acids is 3. The fourth-order valence-electron chi connectivity index (χ4n) is 4.28. The highest BCUT2D eigenvalue weighted by atomic mass is 16.5. The van der Waals surface area contributed by atoms with Crippen molar-refractivity contribution < 1.29 is 23.9 Å². The summed E-state index contributed by atoms with van der Waals surface area (Å²) in [6.07, 6.45) is 5.11. The zero-order chi connectivity index (χ0) is 20.4. The summed E-state index contributed by atoms with van der Waals surface area (Å²) in [5.41, 5.74) is 0.495. The molecule has 2 rings (SSSR count). The Morgan fingerprint density at radius 3 is 2.71 bits per heavy atom. The van der Waals surface area contributed by atoms with Gasteiger partial charge in [0.05, 0.1) is 6.61 Å². The van der Waals surface area contributed by atoms with Gasteiger partial charge in [0.25, 0.3) is 0 Å². The highest BCUT2D eigenvalue weighted by Crippen LogP contribution is 2.43. The number of carbonyl (C=O) groups is 3. The Labute approximate surface area is 167 Å². The van der Waals surface area contributed by atoms with Crippen molar-refractivity contribution in [3.63, 3.8) is 0 Å². The largest absolute Gasteiger partial charge is 0.466 e. The van der Waals surface area contributed by atoms with E-state index in [1.807, 2.05) is 37.3 Å². The van der Waals surface area contributed by atoms with E-state index in [4.69, 9.17) is 9.47 Å². The van der Waals surface area contributed by atoms with E-state index in [0.717, 1.165) is 31.1 Å². The molecule has 1 aromatic rings. The van der Waals surface area contributed by atoms with Crippen molar-refractivity contribution in [1.82, 2.24) is 5.32 Å². The van der Waals surface area contributed by atoms with Gasteiger partial charge >= 0.3 is 12.1 Å². The van der Waals surface area contributed by atoms with Crippen LogP contribution in [0.5, 0.6) is 0 Å². The number of aldehydes is 1. The maximum absolute atomic E-state index is 12.6. The molecular weight excluding hydrogens is 358 g/mol. The van der Waals surface area contributed by atoms with Gasteiger partial charge in [-0.3, -0.25) is 4.79 Å². The molecule has 0 heterocycles.